The van der Waals surface area contributed by atoms with E-state index in [-0.39, 0.29) is 5.78 Å². The first-order chi connectivity index (χ1) is 8.00. The summed E-state index contributed by atoms with van der Waals surface area (Å²) in [7, 11) is 1.54. The number of ether oxygens (including phenoxy) is 1. The fourth-order valence-electron chi connectivity index (χ4n) is 1.87. The first-order valence-electron chi connectivity index (χ1n) is 5.55. The van der Waals surface area contributed by atoms with Gasteiger partial charge in [0, 0.05) is 17.7 Å². The standard InChI is InChI=1S/C13H16Cl2O2/c1-4-13(5-2,17-3)12(16)10-8-9(14)6-7-11(10)15/h6-8H,4-5H2,1-3H3. The van der Waals surface area contributed by atoms with Crippen molar-refractivity contribution >= 4 is 29.0 Å². The van der Waals surface area contributed by atoms with Crippen LogP contribution in [0.3, 0.4) is 0 Å². The molecule has 0 radical (unpaired) electrons. The Labute approximate surface area is 112 Å². The van der Waals surface area contributed by atoms with Gasteiger partial charge in [-0.1, -0.05) is 37.0 Å². The zero-order chi connectivity index (χ0) is 13.1. The number of hydrogen-bond donors (Lipinski definition) is 0. The maximum Gasteiger partial charge on any atom is 0.196 e. The Bertz CT molecular complexity index is 404. The van der Waals surface area contributed by atoms with Crippen LogP contribution in [-0.2, 0) is 4.74 Å². The third-order valence-electron chi connectivity index (χ3n) is 3.12. The number of halogens is 2. The summed E-state index contributed by atoms with van der Waals surface area (Å²) in [5.74, 6) is -0.113. The molecule has 2 nitrogen and oxygen atoms in total. The summed E-state index contributed by atoms with van der Waals surface area (Å²) in [6, 6.07) is 4.88. The number of carbonyl (C=O) groups excluding carboxylic acids is 1. The van der Waals surface area contributed by atoms with Gasteiger partial charge in [-0.3, -0.25) is 4.79 Å². The number of ketones is 1. The highest BCUT2D eigenvalue weighted by atomic mass is 35.5. The smallest absolute Gasteiger partial charge is 0.196 e. The molecule has 0 fully saturated rings. The van der Waals surface area contributed by atoms with Gasteiger partial charge in [0.2, 0.25) is 0 Å². The summed E-state index contributed by atoms with van der Waals surface area (Å²) in [5, 5.41) is 0.901. The van der Waals surface area contributed by atoms with E-state index in [0.29, 0.717) is 28.5 Å². The van der Waals surface area contributed by atoms with Gasteiger partial charge in [-0.2, -0.15) is 0 Å². The molecular weight excluding hydrogens is 259 g/mol. The molecule has 4 heteroatoms. The van der Waals surface area contributed by atoms with Gasteiger partial charge >= 0.3 is 0 Å². The fourth-order valence-corrected chi connectivity index (χ4v) is 2.24. The van der Waals surface area contributed by atoms with Crippen molar-refractivity contribution in [1.82, 2.24) is 0 Å². The fraction of sp³-hybridized carbons (Fsp3) is 0.462. The number of rotatable bonds is 5. The number of benzene rings is 1. The first kappa shape index (κ1) is 14.5. The molecule has 0 heterocycles. The molecule has 0 unspecified atom stereocenters. The number of Topliss-reactive ketones (excluding diaryl/α,β-unsaturated/α-hetero) is 1. The van der Waals surface area contributed by atoms with E-state index in [4.69, 9.17) is 27.9 Å². The van der Waals surface area contributed by atoms with Crippen molar-refractivity contribution in [3.05, 3.63) is 33.8 Å². The molecule has 0 aliphatic heterocycles. The molecular formula is C13H16Cl2O2. The van der Waals surface area contributed by atoms with Gasteiger partial charge in [0.1, 0.15) is 5.60 Å². The summed E-state index contributed by atoms with van der Waals surface area (Å²) >= 11 is 11.9. The van der Waals surface area contributed by atoms with Crippen LogP contribution < -0.4 is 0 Å². The molecule has 1 aromatic carbocycles. The minimum atomic E-state index is -0.811. The average molecular weight is 275 g/mol. The number of methoxy groups -OCH3 is 1. The Balaban J connectivity index is 3.23. The Morgan fingerprint density at radius 1 is 1.29 bits per heavy atom. The Kier molecular flexibility index (Phi) is 4.99. The lowest BCUT2D eigenvalue weighted by Crippen LogP contribution is -2.39. The molecule has 0 aliphatic rings. The molecule has 17 heavy (non-hydrogen) atoms. The Morgan fingerprint density at radius 2 is 1.88 bits per heavy atom. The van der Waals surface area contributed by atoms with Gasteiger partial charge in [-0.05, 0) is 31.0 Å². The number of carbonyl (C=O) groups is 1. The second-order valence-corrected chi connectivity index (χ2v) is 4.70. The van der Waals surface area contributed by atoms with Gasteiger partial charge in [-0.15, -0.1) is 0 Å². The van der Waals surface area contributed by atoms with Crippen molar-refractivity contribution in [3.63, 3.8) is 0 Å². The van der Waals surface area contributed by atoms with E-state index in [9.17, 15) is 4.79 Å². The van der Waals surface area contributed by atoms with Crippen LogP contribution in [-0.4, -0.2) is 18.5 Å². The van der Waals surface area contributed by atoms with E-state index in [0.717, 1.165) is 0 Å². The second kappa shape index (κ2) is 5.85. The van der Waals surface area contributed by atoms with Crippen LogP contribution in [0, 0.1) is 0 Å². The summed E-state index contributed by atoms with van der Waals surface area (Å²) in [5.41, 5.74) is -0.390. The summed E-state index contributed by atoms with van der Waals surface area (Å²) < 4.78 is 5.40. The second-order valence-electron chi connectivity index (χ2n) is 3.86. The van der Waals surface area contributed by atoms with E-state index in [1.54, 1.807) is 25.3 Å². The topological polar surface area (TPSA) is 26.3 Å². The molecule has 94 valence electrons. The predicted octanol–water partition coefficient (Wildman–Crippen LogP) is 4.38. The molecule has 0 atom stereocenters. The summed E-state index contributed by atoms with van der Waals surface area (Å²) in [6.07, 6.45) is 1.20. The van der Waals surface area contributed by atoms with Crippen LogP contribution in [0.25, 0.3) is 0 Å². The van der Waals surface area contributed by atoms with Crippen LogP contribution in [0.15, 0.2) is 18.2 Å². The first-order valence-corrected chi connectivity index (χ1v) is 6.31. The van der Waals surface area contributed by atoms with Crippen molar-refractivity contribution in [2.24, 2.45) is 0 Å². The summed E-state index contributed by atoms with van der Waals surface area (Å²) in [6.45, 7) is 3.84. The van der Waals surface area contributed by atoms with Crippen molar-refractivity contribution in [1.29, 1.82) is 0 Å². The molecule has 0 spiro atoms. The Hall–Kier alpha value is -0.570. The van der Waals surface area contributed by atoms with E-state index >= 15 is 0 Å². The normalized spacial score (nSPS) is 11.6. The maximum absolute atomic E-state index is 12.5. The molecule has 0 N–H and O–H groups in total. The molecule has 1 rings (SSSR count). The van der Waals surface area contributed by atoms with Gasteiger partial charge in [0.25, 0.3) is 0 Å². The predicted molar refractivity (Wildman–Crippen MR) is 71.1 cm³/mol. The lowest BCUT2D eigenvalue weighted by molar-refractivity contribution is -0.00260. The average Bonchev–Trinajstić information content (AvgIpc) is 2.35. The maximum atomic E-state index is 12.5. The van der Waals surface area contributed by atoms with E-state index < -0.39 is 5.60 Å². The van der Waals surface area contributed by atoms with E-state index in [1.807, 2.05) is 13.8 Å². The highest BCUT2D eigenvalue weighted by Crippen LogP contribution is 2.30. The lowest BCUT2D eigenvalue weighted by atomic mass is 9.87. The monoisotopic (exact) mass is 274 g/mol. The SMILES string of the molecule is CCC(CC)(OC)C(=O)c1cc(Cl)ccc1Cl. The van der Waals surface area contributed by atoms with Crippen LogP contribution in [0.2, 0.25) is 10.0 Å². The summed E-state index contributed by atoms with van der Waals surface area (Å²) in [4.78, 5) is 12.5. The molecule has 0 amide bonds. The van der Waals surface area contributed by atoms with Gasteiger partial charge in [0.05, 0.1) is 5.02 Å². The molecule has 0 saturated heterocycles. The van der Waals surface area contributed by atoms with Gasteiger partial charge in [0.15, 0.2) is 5.78 Å². The minimum absolute atomic E-state index is 0.113. The van der Waals surface area contributed by atoms with Crippen molar-refractivity contribution in [2.45, 2.75) is 32.3 Å². The third-order valence-corrected chi connectivity index (χ3v) is 3.68. The van der Waals surface area contributed by atoms with E-state index in [1.165, 1.54) is 0 Å². The molecule has 1 aromatic rings. The van der Waals surface area contributed by atoms with E-state index in [2.05, 4.69) is 0 Å². The highest BCUT2D eigenvalue weighted by Gasteiger charge is 2.36. The van der Waals surface area contributed by atoms with Crippen LogP contribution in [0.5, 0.6) is 0 Å². The molecule has 0 aliphatic carbocycles. The zero-order valence-electron chi connectivity index (χ0n) is 10.2. The van der Waals surface area contributed by atoms with Gasteiger partial charge in [-0.25, -0.2) is 0 Å². The van der Waals surface area contributed by atoms with Crippen molar-refractivity contribution in [2.75, 3.05) is 7.11 Å². The van der Waals surface area contributed by atoms with Crippen LogP contribution in [0.1, 0.15) is 37.0 Å². The van der Waals surface area contributed by atoms with Crippen LogP contribution >= 0.6 is 23.2 Å². The zero-order valence-corrected chi connectivity index (χ0v) is 11.7. The molecule has 0 bridgehead atoms. The minimum Gasteiger partial charge on any atom is -0.370 e. The molecule has 0 saturated carbocycles. The Morgan fingerprint density at radius 3 is 2.35 bits per heavy atom. The third kappa shape index (κ3) is 2.82. The van der Waals surface area contributed by atoms with Crippen LogP contribution in [0.4, 0.5) is 0 Å². The van der Waals surface area contributed by atoms with Gasteiger partial charge < -0.3 is 4.74 Å². The largest absolute Gasteiger partial charge is 0.370 e. The number of hydrogen-bond acceptors (Lipinski definition) is 2. The molecule has 0 aromatic heterocycles. The quantitative estimate of drug-likeness (QED) is 0.745. The van der Waals surface area contributed by atoms with Crippen molar-refractivity contribution < 1.29 is 9.53 Å². The van der Waals surface area contributed by atoms with Crippen molar-refractivity contribution in [3.8, 4) is 0 Å². The lowest BCUT2D eigenvalue weighted by Gasteiger charge is -2.28. The highest BCUT2D eigenvalue weighted by molar-refractivity contribution is 6.36.